The van der Waals surface area contributed by atoms with E-state index in [2.05, 4.69) is 10.6 Å². The number of carbonyl (C=O) groups is 2. The summed E-state index contributed by atoms with van der Waals surface area (Å²) in [7, 11) is 1.78. The second-order valence-corrected chi connectivity index (χ2v) is 5.59. The van der Waals surface area contributed by atoms with E-state index < -0.39 is 0 Å². The van der Waals surface area contributed by atoms with Gasteiger partial charge in [-0.3, -0.25) is 4.79 Å². The number of benzene rings is 2. The lowest BCUT2D eigenvalue weighted by Crippen LogP contribution is -2.31. The maximum absolute atomic E-state index is 12.0. The molecule has 2 N–H and O–H groups in total. The molecule has 0 fully saturated rings. The van der Waals surface area contributed by atoms with Gasteiger partial charge in [-0.2, -0.15) is 0 Å². The minimum Gasteiger partial charge on any atom is -0.334 e. The van der Waals surface area contributed by atoms with Crippen molar-refractivity contribution in [2.75, 3.05) is 17.3 Å². The van der Waals surface area contributed by atoms with Crippen molar-refractivity contribution in [1.82, 2.24) is 5.32 Å². The first-order valence-corrected chi connectivity index (χ1v) is 7.62. The molecule has 1 aliphatic heterocycles. The number of urea groups is 1. The first-order valence-electron chi connectivity index (χ1n) is 7.62. The summed E-state index contributed by atoms with van der Waals surface area (Å²) in [4.78, 5) is 25.3. The summed E-state index contributed by atoms with van der Waals surface area (Å²) in [6.07, 6.45) is 1.22. The lowest BCUT2D eigenvalue weighted by Gasteiger charge is -2.26. The monoisotopic (exact) mass is 309 g/mol. The van der Waals surface area contributed by atoms with Crippen molar-refractivity contribution >= 4 is 23.3 Å². The molecule has 0 unspecified atom stereocenters. The summed E-state index contributed by atoms with van der Waals surface area (Å²) in [6, 6.07) is 15.1. The van der Waals surface area contributed by atoms with Gasteiger partial charge in [0.25, 0.3) is 0 Å². The van der Waals surface area contributed by atoms with E-state index in [-0.39, 0.29) is 11.9 Å². The van der Waals surface area contributed by atoms with E-state index in [1.807, 2.05) is 48.5 Å². The van der Waals surface area contributed by atoms with Crippen molar-refractivity contribution in [3.63, 3.8) is 0 Å². The molecule has 0 atom stereocenters. The van der Waals surface area contributed by atoms with Gasteiger partial charge in [0, 0.05) is 31.4 Å². The minimum absolute atomic E-state index is 0.124. The molecule has 0 saturated carbocycles. The molecule has 0 radical (unpaired) electrons. The largest absolute Gasteiger partial charge is 0.334 e. The van der Waals surface area contributed by atoms with Gasteiger partial charge >= 0.3 is 6.03 Å². The smallest absolute Gasteiger partial charge is 0.319 e. The molecule has 1 heterocycles. The second kappa shape index (κ2) is 6.52. The van der Waals surface area contributed by atoms with E-state index in [1.165, 1.54) is 0 Å². The lowest BCUT2D eigenvalue weighted by atomic mass is 10.0. The van der Waals surface area contributed by atoms with Gasteiger partial charge in [-0.05, 0) is 35.7 Å². The molecule has 23 heavy (non-hydrogen) atoms. The second-order valence-electron chi connectivity index (χ2n) is 5.59. The molecule has 0 bridgehead atoms. The summed E-state index contributed by atoms with van der Waals surface area (Å²) < 4.78 is 0. The fourth-order valence-corrected chi connectivity index (χ4v) is 2.69. The lowest BCUT2D eigenvalue weighted by molar-refractivity contribution is -0.118. The van der Waals surface area contributed by atoms with Crippen molar-refractivity contribution in [3.05, 3.63) is 59.7 Å². The molecule has 0 saturated heterocycles. The average molecular weight is 309 g/mol. The van der Waals surface area contributed by atoms with Crippen LogP contribution in [0.1, 0.15) is 17.5 Å². The van der Waals surface area contributed by atoms with Gasteiger partial charge in [0.2, 0.25) is 5.91 Å². The van der Waals surface area contributed by atoms with Crippen LogP contribution in [0.2, 0.25) is 0 Å². The Morgan fingerprint density at radius 2 is 1.91 bits per heavy atom. The predicted octanol–water partition coefficient (Wildman–Crippen LogP) is 2.92. The quantitative estimate of drug-likeness (QED) is 0.916. The van der Waals surface area contributed by atoms with Gasteiger partial charge in [0.05, 0.1) is 0 Å². The number of hydrogen-bond acceptors (Lipinski definition) is 2. The van der Waals surface area contributed by atoms with Crippen LogP contribution in [0.15, 0.2) is 48.5 Å². The van der Waals surface area contributed by atoms with Crippen molar-refractivity contribution < 1.29 is 9.59 Å². The molecule has 5 heteroatoms. The molecule has 1 aliphatic rings. The van der Waals surface area contributed by atoms with Crippen LogP contribution in [0.5, 0.6) is 0 Å². The number of hydrogen-bond donors (Lipinski definition) is 2. The Labute approximate surface area is 135 Å². The molecule has 3 rings (SSSR count). The fraction of sp³-hybridized carbons (Fsp3) is 0.222. The van der Waals surface area contributed by atoms with Crippen molar-refractivity contribution in [2.24, 2.45) is 0 Å². The summed E-state index contributed by atoms with van der Waals surface area (Å²) in [5, 5.41) is 5.66. The standard InChI is InChI=1S/C18H19N3O2/c1-21-16-9-8-15(11-14(16)7-10-17(21)22)20-18(23)19-12-13-5-3-2-4-6-13/h2-6,8-9,11H,7,10,12H2,1H3,(H2,19,20,23). The number of carbonyl (C=O) groups excluding carboxylic acids is 2. The summed E-state index contributed by atoms with van der Waals surface area (Å²) in [5.74, 6) is 0.124. The van der Waals surface area contributed by atoms with Gasteiger partial charge < -0.3 is 15.5 Å². The van der Waals surface area contributed by atoms with E-state index in [9.17, 15) is 9.59 Å². The molecule has 118 valence electrons. The zero-order valence-corrected chi connectivity index (χ0v) is 13.0. The maximum atomic E-state index is 12.0. The summed E-state index contributed by atoms with van der Waals surface area (Å²) >= 11 is 0. The third-order valence-corrected chi connectivity index (χ3v) is 3.98. The topological polar surface area (TPSA) is 61.4 Å². The number of nitrogens with zero attached hydrogens (tertiary/aromatic N) is 1. The van der Waals surface area contributed by atoms with Gasteiger partial charge in [-0.25, -0.2) is 4.79 Å². The highest BCUT2D eigenvalue weighted by molar-refractivity contribution is 5.97. The van der Waals surface area contributed by atoms with E-state index in [1.54, 1.807) is 11.9 Å². The Kier molecular flexibility index (Phi) is 4.28. The Hall–Kier alpha value is -2.82. The summed E-state index contributed by atoms with van der Waals surface area (Å²) in [5.41, 5.74) is 3.77. The third-order valence-electron chi connectivity index (χ3n) is 3.98. The molecule has 2 aromatic rings. The number of fused-ring (bicyclic) bond motifs is 1. The van der Waals surface area contributed by atoms with Gasteiger partial charge in [-0.15, -0.1) is 0 Å². The predicted molar refractivity (Wildman–Crippen MR) is 90.5 cm³/mol. The molecular formula is C18H19N3O2. The zero-order valence-electron chi connectivity index (χ0n) is 13.0. The number of amides is 3. The van der Waals surface area contributed by atoms with Crippen molar-refractivity contribution in [1.29, 1.82) is 0 Å². The number of nitrogens with one attached hydrogen (secondary N) is 2. The Balaban J connectivity index is 1.62. The Morgan fingerprint density at radius 1 is 1.13 bits per heavy atom. The van der Waals surface area contributed by atoms with Crippen molar-refractivity contribution in [2.45, 2.75) is 19.4 Å². The molecule has 0 aliphatic carbocycles. The van der Waals surface area contributed by atoms with Crippen LogP contribution in [-0.4, -0.2) is 19.0 Å². The number of rotatable bonds is 3. The normalized spacial score (nSPS) is 13.4. The van der Waals surface area contributed by atoms with Crippen LogP contribution in [0, 0.1) is 0 Å². The molecule has 5 nitrogen and oxygen atoms in total. The highest BCUT2D eigenvalue weighted by atomic mass is 16.2. The molecule has 0 spiro atoms. The van der Waals surface area contributed by atoms with Crippen LogP contribution in [0.3, 0.4) is 0 Å². The van der Waals surface area contributed by atoms with Crippen LogP contribution >= 0.6 is 0 Å². The van der Waals surface area contributed by atoms with Gasteiger partial charge in [0.1, 0.15) is 0 Å². The SMILES string of the molecule is CN1C(=O)CCc2cc(NC(=O)NCc3ccccc3)ccc21. The van der Waals surface area contributed by atoms with E-state index in [0.717, 1.165) is 22.5 Å². The Morgan fingerprint density at radius 3 is 2.70 bits per heavy atom. The molecule has 2 aromatic carbocycles. The minimum atomic E-state index is -0.242. The maximum Gasteiger partial charge on any atom is 0.319 e. The van der Waals surface area contributed by atoms with Crippen molar-refractivity contribution in [3.8, 4) is 0 Å². The van der Waals surface area contributed by atoms with Crippen LogP contribution in [0.4, 0.5) is 16.2 Å². The number of anilines is 2. The van der Waals surface area contributed by atoms with Crippen LogP contribution < -0.4 is 15.5 Å². The van der Waals surface area contributed by atoms with Gasteiger partial charge in [-0.1, -0.05) is 30.3 Å². The van der Waals surface area contributed by atoms with E-state index in [4.69, 9.17) is 0 Å². The summed E-state index contributed by atoms with van der Waals surface area (Å²) in [6.45, 7) is 0.481. The van der Waals surface area contributed by atoms with Gasteiger partial charge in [0.15, 0.2) is 0 Å². The van der Waals surface area contributed by atoms with Crippen LogP contribution in [-0.2, 0) is 17.8 Å². The van der Waals surface area contributed by atoms with E-state index >= 15 is 0 Å². The molecule has 0 aromatic heterocycles. The highest BCUT2D eigenvalue weighted by Crippen LogP contribution is 2.29. The molecule has 3 amide bonds. The fourth-order valence-electron chi connectivity index (χ4n) is 2.69. The first kappa shape index (κ1) is 15.1. The van der Waals surface area contributed by atoms with E-state index in [0.29, 0.717) is 19.4 Å². The average Bonchev–Trinajstić information content (AvgIpc) is 2.57. The number of aryl methyl sites for hydroxylation is 1. The highest BCUT2D eigenvalue weighted by Gasteiger charge is 2.20. The zero-order chi connectivity index (χ0) is 16.2. The van der Waals surface area contributed by atoms with Crippen LogP contribution in [0.25, 0.3) is 0 Å². The molecular weight excluding hydrogens is 290 g/mol. The first-order chi connectivity index (χ1) is 11.1. The third kappa shape index (κ3) is 3.51. The Bertz CT molecular complexity index is 728.